The van der Waals surface area contributed by atoms with Crippen LogP contribution in [-0.4, -0.2) is 27.4 Å². The highest BCUT2D eigenvalue weighted by molar-refractivity contribution is 7.99. The van der Waals surface area contributed by atoms with E-state index in [1.807, 2.05) is 30.5 Å². The minimum Gasteiger partial charge on any atom is -0.357 e. The first-order valence-corrected chi connectivity index (χ1v) is 8.31. The number of aromatic amines is 2. The number of hydrogen-bond donors (Lipinski definition) is 3. The van der Waals surface area contributed by atoms with Crippen LogP contribution in [0.25, 0.3) is 0 Å². The summed E-state index contributed by atoms with van der Waals surface area (Å²) < 4.78 is 0. The molecule has 0 aliphatic carbocycles. The van der Waals surface area contributed by atoms with E-state index in [4.69, 9.17) is 0 Å². The third-order valence-corrected chi connectivity index (χ3v) is 4.22. The van der Waals surface area contributed by atoms with Crippen molar-refractivity contribution < 1.29 is 4.79 Å². The van der Waals surface area contributed by atoms with Gasteiger partial charge in [0.2, 0.25) is 0 Å². The lowest BCUT2D eigenvalue weighted by Crippen LogP contribution is -2.25. The minimum atomic E-state index is -0.0695. The third kappa shape index (κ3) is 4.50. The van der Waals surface area contributed by atoms with Crippen molar-refractivity contribution in [3.63, 3.8) is 0 Å². The predicted molar refractivity (Wildman–Crippen MR) is 90.6 cm³/mol. The Labute approximate surface area is 138 Å². The van der Waals surface area contributed by atoms with Crippen molar-refractivity contribution in [1.29, 1.82) is 0 Å². The van der Waals surface area contributed by atoms with Gasteiger partial charge >= 0.3 is 0 Å². The molecule has 0 radical (unpaired) electrons. The summed E-state index contributed by atoms with van der Waals surface area (Å²) in [4.78, 5) is 23.5. The quantitative estimate of drug-likeness (QED) is 0.584. The molecule has 118 valence electrons. The largest absolute Gasteiger partial charge is 0.357 e. The van der Waals surface area contributed by atoms with Gasteiger partial charge in [0.25, 0.3) is 5.91 Å². The summed E-state index contributed by atoms with van der Waals surface area (Å²) in [6.07, 6.45) is 5.32. The molecule has 1 amide bonds. The molecule has 3 N–H and O–H groups in total. The van der Waals surface area contributed by atoms with Gasteiger partial charge in [-0.25, -0.2) is 4.98 Å². The average molecular weight is 326 g/mol. The maximum atomic E-state index is 11.8. The molecule has 23 heavy (non-hydrogen) atoms. The fourth-order valence-corrected chi connectivity index (χ4v) is 2.97. The summed E-state index contributed by atoms with van der Waals surface area (Å²) in [5.74, 6) is -0.0695. The molecule has 0 aliphatic heterocycles. The van der Waals surface area contributed by atoms with Crippen molar-refractivity contribution in [1.82, 2.24) is 20.3 Å². The van der Waals surface area contributed by atoms with E-state index in [9.17, 15) is 4.79 Å². The van der Waals surface area contributed by atoms with Gasteiger partial charge in [0.05, 0.1) is 0 Å². The highest BCUT2D eigenvalue weighted by Crippen LogP contribution is 2.24. The number of carbonyl (C=O) groups excluding carboxylic acids is 1. The molecule has 3 aromatic rings. The maximum Gasteiger partial charge on any atom is 0.267 e. The Morgan fingerprint density at radius 1 is 1.17 bits per heavy atom. The van der Waals surface area contributed by atoms with Crippen LogP contribution in [0.15, 0.2) is 64.9 Å². The summed E-state index contributed by atoms with van der Waals surface area (Å²) in [5, 5.41) is 3.78. The van der Waals surface area contributed by atoms with E-state index in [1.54, 1.807) is 24.0 Å². The number of amides is 1. The fraction of sp³-hybridized carbons (Fsp3) is 0.176. The van der Waals surface area contributed by atoms with Crippen molar-refractivity contribution in [3.8, 4) is 0 Å². The molecule has 1 aromatic carbocycles. The summed E-state index contributed by atoms with van der Waals surface area (Å²) in [6, 6.07) is 13.7. The molecule has 0 spiro atoms. The molecule has 6 heteroatoms. The molecule has 5 nitrogen and oxygen atoms in total. The van der Waals surface area contributed by atoms with Crippen molar-refractivity contribution in [2.24, 2.45) is 0 Å². The number of nitrogens with one attached hydrogen (secondary N) is 3. The Morgan fingerprint density at radius 2 is 2.04 bits per heavy atom. The Balaban J connectivity index is 1.42. The zero-order valence-electron chi connectivity index (χ0n) is 12.6. The second kappa shape index (κ2) is 7.69. The SMILES string of the molecule is O=C(NCCCc1cnc(Sc2ccccc2)[nH]1)c1ccc[nH]1. The van der Waals surface area contributed by atoms with Gasteiger partial charge in [-0.1, -0.05) is 30.0 Å². The van der Waals surface area contributed by atoms with Crippen LogP contribution < -0.4 is 5.32 Å². The zero-order valence-corrected chi connectivity index (χ0v) is 13.4. The second-order valence-electron chi connectivity index (χ2n) is 5.07. The Morgan fingerprint density at radius 3 is 2.83 bits per heavy atom. The lowest BCUT2D eigenvalue weighted by molar-refractivity contribution is 0.0949. The molecule has 2 aromatic heterocycles. The Bertz CT molecular complexity index is 737. The lowest BCUT2D eigenvalue weighted by Gasteiger charge is -2.02. The van der Waals surface area contributed by atoms with Gasteiger partial charge in [0.1, 0.15) is 5.69 Å². The van der Waals surface area contributed by atoms with E-state index in [-0.39, 0.29) is 5.91 Å². The predicted octanol–water partition coefficient (Wildman–Crippen LogP) is 3.25. The smallest absolute Gasteiger partial charge is 0.267 e. The first kappa shape index (κ1) is 15.4. The molecule has 0 saturated heterocycles. The van der Waals surface area contributed by atoms with Gasteiger partial charge < -0.3 is 15.3 Å². The molecule has 0 atom stereocenters. The van der Waals surface area contributed by atoms with Crippen LogP contribution in [0.4, 0.5) is 0 Å². The normalized spacial score (nSPS) is 10.6. The molecule has 2 heterocycles. The van der Waals surface area contributed by atoms with Crippen LogP contribution in [0.1, 0.15) is 22.6 Å². The van der Waals surface area contributed by atoms with Crippen molar-refractivity contribution in [2.75, 3.05) is 6.54 Å². The van der Waals surface area contributed by atoms with Gasteiger partial charge in [-0.2, -0.15) is 0 Å². The minimum absolute atomic E-state index is 0.0695. The summed E-state index contributed by atoms with van der Waals surface area (Å²) >= 11 is 1.61. The molecule has 0 fully saturated rings. The molecule has 0 saturated carbocycles. The van der Waals surface area contributed by atoms with E-state index < -0.39 is 0 Å². The Kier molecular flexibility index (Phi) is 5.16. The lowest BCUT2D eigenvalue weighted by atomic mass is 10.2. The van der Waals surface area contributed by atoms with Crippen LogP contribution in [0.2, 0.25) is 0 Å². The number of carbonyl (C=O) groups is 1. The van der Waals surface area contributed by atoms with Gasteiger partial charge in [0.15, 0.2) is 5.16 Å². The second-order valence-corrected chi connectivity index (χ2v) is 6.13. The maximum absolute atomic E-state index is 11.8. The van der Waals surface area contributed by atoms with E-state index in [0.717, 1.165) is 28.6 Å². The Hall–Kier alpha value is -2.47. The number of aryl methyl sites for hydroxylation is 1. The first-order valence-electron chi connectivity index (χ1n) is 7.49. The van der Waals surface area contributed by atoms with Gasteiger partial charge in [-0.3, -0.25) is 4.79 Å². The average Bonchev–Trinajstić information content (AvgIpc) is 3.24. The monoisotopic (exact) mass is 326 g/mol. The first-order chi connectivity index (χ1) is 11.3. The van der Waals surface area contributed by atoms with Crippen LogP contribution in [-0.2, 0) is 6.42 Å². The van der Waals surface area contributed by atoms with Gasteiger partial charge in [-0.15, -0.1) is 0 Å². The number of rotatable bonds is 7. The number of benzene rings is 1. The summed E-state index contributed by atoms with van der Waals surface area (Å²) in [7, 11) is 0. The van der Waals surface area contributed by atoms with Crippen molar-refractivity contribution in [2.45, 2.75) is 22.9 Å². The van der Waals surface area contributed by atoms with Crippen molar-refractivity contribution >= 4 is 17.7 Å². The van der Waals surface area contributed by atoms with Crippen molar-refractivity contribution in [3.05, 3.63) is 66.2 Å². The van der Waals surface area contributed by atoms with Gasteiger partial charge in [-0.05, 0) is 37.1 Å². The zero-order chi connectivity index (χ0) is 15.9. The van der Waals surface area contributed by atoms with Crippen LogP contribution in [0.5, 0.6) is 0 Å². The highest BCUT2D eigenvalue weighted by atomic mass is 32.2. The molecular weight excluding hydrogens is 308 g/mol. The summed E-state index contributed by atoms with van der Waals surface area (Å²) in [6.45, 7) is 0.637. The van der Waals surface area contributed by atoms with Crippen LogP contribution in [0.3, 0.4) is 0 Å². The van der Waals surface area contributed by atoms with Crippen LogP contribution >= 0.6 is 11.8 Å². The molecular formula is C17H18N4OS. The number of H-pyrrole nitrogens is 2. The number of imidazole rings is 1. The van der Waals surface area contributed by atoms with E-state index >= 15 is 0 Å². The van der Waals surface area contributed by atoms with E-state index in [2.05, 4.69) is 32.4 Å². The molecule has 0 unspecified atom stereocenters. The standard InChI is InChI=1S/C17H18N4OS/c22-16(15-9-5-10-18-15)19-11-4-6-13-12-20-17(21-13)23-14-7-2-1-3-8-14/h1-3,5,7-10,12,18H,4,6,11H2,(H,19,22)(H,20,21). The van der Waals surface area contributed by atoms with Crippen LogP contribution in [0, 0.1) is 0 Å². The number of aromatic nitrogens is 3. The molecule has 0 bridgehead atoms. The number of nitrogens with zero attached hydrogens (tertiary/aromatic N) is 1. The van der Waals surface area contributed by atoms with E-state index in [0.29, 0.717) is 12.2 Å². The number of hydrogen-bond acceptors (Lipinski definition) is 3. The fourth-order valence-electron chi connectivity index (χ4n) is 2.17. The highest BCUT2D eigenvalue weighted by Gasteiger charge is 2.06. The molecule has 3 rings (SSSR count). The van der Waals surface area contributed by atoms with Gasteiger partial charge in [0, 0.05) is 29.5 Å². The summed E-state index contributed by atoms with van der Waals surface area (Å²) in [5.41, 5.74) is 1.67. The third-order valence-electron chi connectivity index (χ3n) is 3.31. The molecule has 0 aliphatic rings. The topological polar surface area (TPSA) is 73.6 Å². The van der Waals surface area contributed by atoms with E-state index in [1.165, 1.54) is 0 Å².